The summed E-state index contributed by atoms with van der Waals surface area (Å²) in [4.78, 5) is 4.30. The smallest absolute Gasteiger partial charge is 0.229 e. The summed E-state index contributed by atoms with van der Waals surface area (Å²) in [6.07, 6.45) is 4.38. The minimum absolute atomic E-state index is 0. The van der Waals surface area contributed by atoms with Crippen LogP contribution >= 0.6 is 12.4 Å². The van der Waals surface area contributed by atoms with Crippen LogP contribution in [0, 0.1) is 0 Å². The van der Waals surface area contributed by atoms with Crippen molar-refractivity contribution in [3.63, 3.8) is 0 Å². The van der Waals surface area contributed by atoms with Crippen molar-refractivity contribution in [1.82, 2.24) is 10.1 Å². The van der Waals surface area contributed by atoms with Crippen molar-refractivity contribution in [1.29, 1.82) is 0 Å². The van der Waals surface area contributed by atoms with E-state index in [1.165, 1.54) is 12.8 Å². The lowest BCUT2D eigenvalue weighted by molar-refractivity contribution is 0.369. The van der Waals surface area contributed by atoms with E-state index in [0.717, 1.165) is 18.7 Å². The van der Waals surface area contributed by atoms with Crippen LogP contribution in [0.15, 0.2) is 4.52 Å². The van der Waals surface area contributed by atoms with Crippen LogP contribution in [0.4, 0.5) is 0 Å². The van der Waals surface area contributed by atoms with Gasteiger partial charge in [0.25, 0.3) is 0 Å². The van der Waals surface area contributed by atoms with Crippen molar-refractivity contribution in [2.45, 2.75) is 37.1 Å². The van der Waals surface area contributed by atoms with E-state index in [1.54, 1.807) is 0 Å². The van der Waals surface area contributed by atoms with Crippen molar-refractivity contribution in [2.24, 2.45) is 5.73 Å². The molecule has 0 aromatic carbocycles. The number of nitrogens with zero attached hydrogens (tertiary/aromatic N) is 2. The van der Waals surface area contributed by atoms with Gasteiger partial charge in [-0.25, -0.2) is 0 Å². The van der Waals surface area contributed by atoms with Crippen molar-refractivity contribution >= 4 is 12.4 Å². The van der Waals surface area contributed by atoms with Crippen LogP contribution in [0.5, 0.6) is 0 Å². The second-order valence-corrected chi connectivity index (χ2v) is 3.89. The molecule has 2 aliphatic carbocycles. The molecule has 0 amide bonds. The Kier molecular flexibility index (Phi) is 1.85. The van der Waals surface area contributed by atoms with Crippen LogP contribution in [0.25, 0.3) is 0 Å². The van der Waals surface area contributed by atoms with Gasteiger partial charge in [-0.05, 0) is 25.7 Å². The van der Waals surface area contributed by atoms with Crippen molar-refractivity contribution in [3.05, 3.63) is 11.7 Å². The number of nitrogens with two attached hydrogens (primary N) is 1. The molecule has 72 valence electrons. The molecule has 2 N–H and O–H groups in total. The molecule has 2 saturated carbocycles. The lowest BCUT2D eigenvalue weighted by atomic mass is 10.3. The van der Waals surface area contributed by atoms with E-state index in [9.17, 15) is 0 Å². The Morgan fingerprint density at radius 2 is 2.08 bits per heavy atom. The number of aromatic nitrogens is 2. The SMILES string of the molecule is Cl.NC1(c2noc(C3CC3)n2)CC1. The van der Waals surface area contributed by atoms with E-state index in [0.29, 0.717) is 11.7 Å². The third kappa shape index (κ3) is 1.44. The summed E-state index contributed by atoms with van der Waals surface area (Å²) in [7, 11) is 0. The second-order valence-electron chi connectivity index (χ2n) is 3.89. The molecule has 1 aromatic rings. The average molecular weight is 202 g/mol. The van der Waals surface area contributed by atoms with E-state index in [4.69, 9.17) is 10.3 Å². The second kappa shape index (κ2) is 2.69. The summed E-state index contributed by atoms with van der Waals surface area (Å²) < 4.78 is 5.11. The van der Waals surface area contributed by atoms with Crippen LogP contribution < -0.4 is 5.73 Å². The highest BCUT2D eigenvalue weighted by molar-refractivity contribution is 5.85. The normalized spacial score (nSPS) is 23.8. The third-order valence-electron chi connectivity index (χ3n) is 2.60. The molecule has 0 unspecified atom stereocenters. The monoisotopic (exact) mass is 201 g/mol. The standard InChI is InChI=1S/C8H11N3O.ClH/c9-8(3-4-8)7-10-6(12-11-7)5-1-2-5;/h5H,1-4,9H2;1H. The predicted octanol–water partition coefficient (Wildman–Crippen LogP) is 1.32. The van der Waals surface area contributed by atoms with Gasteiger partial charge in [0, 0.05) is 5.92 Å². The van der Waals surface area contributed by atoms with E-state index < -0.39 is 0 Å². The number of rotatable bonds is 2. The van der Waals surface area contributed by atoms with Crippen molar-refractivity contribution in [3.8, 4) is 0 Å². The maximum Gasteiger partial charge on any atom is 0.229 e. The van der Waals surface area contributed by atoms with Crippen LogP contribution in [0.3, 0.4) is 0 Å². The summed E-state index contributed by atoms with van der Waals surface area (Å²) in [5, 5.41) is 3.90. The van der Waals surface area contributed by atoms with Crippen molar-refractivity contribution < 1.29 is 4.52 Å². The van der Waals surface area contributed by atoms with Gasteiger partial charge >= 0.3 is 0 Å². The maximum absolute atomic E-state index is 5.92. The van der Waals surface area contributed by atoms with Crippen molar-refractivity contribution in [2.75, 3.05) is 0 Å². The number of hydrogen-bond acceptors (Lipinski definition) is 4. The van der Waals surface area contributed by atoms with Gasteiger partial charge in [0.05, 0.1) is 5.54 Å². The van der Waals surface area contributed by atoms with Gasteiger partial charge < -0.3 is 10.3 Å². The molecule has 1 aromatic heterocycles. The lowest BCUT2D eigenvalue weighted by Crippen LogP contribution is -2.20. The van der Waals surface area contributed by atoms with E-state index >= 15 is 0 Å². The molecule has 4 nitrogen and oxygen atoms in total. The molecule has 0 saturated heterocycles. The molecular weight excluding hydrogens is 190 g/mol. The average Bonchev–Trinajstić information content (AvgIpc) is 2.97. The fourth-order valence-corrected chi connectivity index (χ4v) is 1.29. The lowest BCUT2D eigenvalue weighted by Gasteiger charge is -1.97. The minimum Gasteiger partial charge on any atom is -0.339 e. The first-order valence-corrected chi connectivity index (χ1v) is 4.41. The summed E-state index contributed by atoms with van der Waals surface area (Å²) in [5.74, 6) is 2.04. The van der Waals surface area contributed by atoms with E-state index in [-0.39, 0.29) is 17.9 Å². The summed E-state index contributed by atoms with van der Waals surface area (Å²) in [5.41, 5.74) is 5.68. The van der Waals surface area contributed by atoms with Crippen LogP contribution in [0.1, 0.15) is 43.3 Å². The fraction of sp³-hybridized carbons (Fsp3) is 0.750. The molecule has 13 heavy (non-hydrogen) atoms. The molecule has 0 spiro atoms. The molecule has 3 rings (SSSR count). The molecule has 1 heterocycles. The highest BCUT2D eigenvalue weighted by Gasteiger charge is 2.45. The fourth-order valence-electron chi connectivity index (χ4n) is 1.29. The summed E-state index contributed by atoms with van der Waals surface area (Å²) >= 11 is 0. The topological polar surface area (TPSA) is 64.9 Å². The first kappa shape index (κ1) is 8.97. The molecule has 5 heteroatoms. The van der Waals surface area contributed by atoms with Gasteiger partial charge in [-0.15, -0.1) is 12.4 Å². The first-order valence-electron chi connectivity index (χ1n) is 4.41. The summed E-state index contributed by atoms with van der Waals surface area (Å²) in [6.45, 7) is 0. The van der Waals surface area contributed by atoms with Gasteiger partial charge in [0.15, 0.2) is 5.82 Å². The Labute approximate surface area is 82.3 Å². The highest BCUT2D eigenvalue weighted by atomic mass is 35.5. The molecule has 0 aliphatic heterocycles. The molecule has 2 fully saturated rings. The largest absolute Gasteiger partial charge is 0.339 e. The molecule has 0 atom stereocenters. The van der Waals surface area contributed by atoms with Gasteiger partial charge in [-0.2, -0.15) is 4.98 Å². The highest BCUT2D eigenvalue weighted by Crippen LogP contribution is 2.43. The first-order chi connectivity index (χ1) is 5.78. The Hall–Kier alpha value is -0.610. The van der Waals surface area contributed by atoms with Gasteiger partial charge in [0.1, 0.15) is 0 Å². The Balaban J connectivity index is 0.000000653. The quantitative estimate of drug-likeness (QED) is 0.784. The molecule has 0 bridgehead atoms. The molecular formula is C8H12ClN3O. The maximum atomic E-state index is 5.92. The Morgan fingerprint density at radius 3 is 2.62 bits per heavy atom. The van der Waals surface area contributed by atoms with Crippen LogP contribution in [-0.2, 0) is 5.54 Å². The zero-order chi connectivity index (χ0) is 8.18. The minimum atomic E-state index is -0.239. The zero-order valence-electron chi connectivity index (χ0n) is 7.19. The van der Waals surface area contributed by atoms with Crippen LogP contribution in [0.2, 0.25) is 0 Å². The van der Waals surface area contributed by atoms with Gasteiger partial charge in [-0.1, -0.05) is 5.16 Å². The Morgan fingerprint density at radius 1 is 1.38 bits per heavy atom. The Bertz CT molecular complexity index is 317. The van der Waals surface area contributed by atoms with Gasteiger partial charge in [-0.3, -0.25) is 0 Å². The van der Waals surface area contributed by atoms with E-state index in [1.807, 2.05) is 0 Å². The third-order valence-corrected chi connectivity index (χ3v) is 2.60. The number of halogens is 1. The van der Waals surface area contributed by atoms with Gasteiger partial charge in [0.2, 0.25) is 5.89 Å². The molecule has 0 radical (unpaired) electrons. The van der Waals surface area contributed by atoms with Crippen LogP contribution in [-0.4, -0.2) is 10.1 Å². The zero-order valence-corrected chi connectivity index (χ0v) is 8.01. The van der Waals surface area contributed by atoms with E-state index in [2.05, 4.69) is 10.1 Å². The number of hydrogen-bond donors (Lipinski definition) is 1. The predicted molar refractivity (Wildman–Crippen MR) is 48.6 cm³/mol. The summed E-state index contributed by atoms with van der Waals surface area (Å²) in [6, 6.07) is 0. The molecule has 2 aliphatic rings.